The third kappa shape index (κ3) is 4.98. The van der Waals surface area contributed by atoms with Crippen LogP contribution in [-0.4, -0.2) is 64.2 Å². The summed E-state index contributed by atoms with van der Waals surface area (Å²) >= 11 is 2.94. The first kappa shape index (κ1) is 19.5. The number of aromatic nitrogens is 4. The second-order valence-corrected chi connectivity index (χ2v) is 9.45. The molecule has 0 bridgehead atoms. The van der Waals surface area contributed by atoms with Gasteiger partial charge in [-0.1, -0.05) is 23.1 Å². The molecule has 4 rings (SSSR count). The minimum atomic E-state index is 0.0292. The second-order valence-electron chi connectivity index (χ2n) is 7.04. The van der Waals surface area contributed by atoms with Gasteiger partial charge in [0.05, 0.1) is 5.75 Å². The highest BCUT2D eigenvalue weighted by atomic mass is 32.2. The normalized spacial score (nSPS) is 20.5. The van der Waals surface area contributed by atoms with Gasteiger partial charge in [-0.25, -0.2) is 9.97 Å². The van der Waals surface area contributed by atoms with Gasteiger partial charge in [-0.2, -0.15) is 0 Å². The Labute approximate surface area is 172 Å². The number of anilines is 1. The minimum Gasteiger partial charge on any atom is -0.381 e. The molecule has 8 nitrogen and oxygen atoms in total. The molecule has 2 fully saturated rings. The van der Waals surface area contributed by atoms with Gasteiger partial charge in [0.1, 0.15) is 5.01 Å². The van der Waals surface area contributed by atoms with Crippen molar-refractivity contribution >= 4 is 35.0 Å². The van der Waals surface area contributed by atoms with Crippen LogP contribution in [0.4, 0.5) is 5.95 Å². The highest BCUT2D eigenvalue weighted by molar-refractivity contribution is 8.01. The SMILES string of the molecule is Cc1nnc(SCC(=O)NC2CCN(c3nccc(C4CCOCC4)n3)C2)s1. The van der Waals surface area contributed by atoms with Gasteiger partial charge in [0.25, 0.3) is 0 Å². The molecular formula is C18H24N6O2S2. The molecule has 2 aromatic rings. The maximum atomic E-state index is 12.2. The topological polar surface area (TPSA) is 93.1 Å². The number of carbonyl (C=O) groups excluding carboxylic acids is 1. The number of thioether (sulfide) groups is 1. The predicted molar refractivity (Wildman–Crippen MR) is 109 cm³/mol. The van der Waals surface area contributed by atoms with Crippen LogP contribution in [0.15, 0.2) is 16.6 Å². The van der Waals surface area contributed by atoms with Crippen LogP contribution in [0.5, 0.6) is 0 Å². The smallest absolute Gasteiger partial charge is 0.230 e. The Hall–Kier alpha value is -1.78. The molecule has 28 heavy (non-hydrogen) atoms. The van der Waals surface area contributed by atoms with Crippen LogP contribution in [0.3, 0.4) is 0 Å². The number of hydrogen-bond donors (Lipinski definition) is 1. The molecule has 2 aliphatic rings. The minimum absolute atomic E-state index is 0.0292. The number of aryl methyl sites for hydroxylation is 1. The molecule has 0 aliphatic carbocycles. The van der Waals surface area contributed by atoms with E-state index in [1.54, 1.807) is 0 Å². The van der Waals surface area contributed by atoms with E-state index < -0.39 is 0 Å². The standard InChI is InChI=1S/C18H24N6O2S2/c1-12-22-23-18(28-12)27-11-16(25)20-14-3-7-24(10-14)17-19-6-2-15(21-17)13-4-8-26-9-5-13/h2,6,13-14H,3-5,7-11H2,1H3,(H,20,25). The van der Waals surface area contributed by atoms with Gasteiger partial charge in [0.2, 0.25) is 11.9 Å². The first-order valence-corrected chi connectivity index (χ1v) is 11.4. The average Bonchev–Trinajstić information content (AvgIpc) is 3.36. The monoisotopic (exact) mass is 420 g/mol. The van der Waals surface area contributed by atoms with E-state index in [4.69, 9.17) is 9.72 Å². The quantitative estimate of drug-likeness (QED) is 0.710. The van der Waals surface area contributed by atoms with Crippen molar-refractivity contribution in [3.8, 4) is 0 Å². The van der Waals surface area contributed by atoms with E-state index in [1.807, 2.05) is 19.2 Å². The van der Waals surface area contributed by atoms with Crippen molar-refractivity contribution in [2.24, 2.45) is 0 Å². The van der Waals surface area contributed by atoms with Crippen molar-refractivity contribution in [2.45, 2.75) is 42.5 Å². The molecule has 10 heteroatoms. The van der Waals surface area contributed by atoms with Gasteiger partial charge in [0.15, 0.2) is 4.34 Å². The van der Waals surface area contributed by atoms with E-state index >= 15 is 0 Å². The molecule has 2 aliphatic heterocycles. The second kappa shape index (κ2) is 9.15. The van der Waals surface area contributed by atoms with E-state index in [0.717, 1.165) is 66.6 Å². The molecule has 0 radical (unpaired) electrons. The Kier molecular flexibility index (Phi) is 6.38. The number of carbonyl (C=O) groups is 1. The summed E-state index contributed by atoms with van der Waals surface area (Å²) in [5.41, 5.74) is 1.10. The first-order chi connectivity index (χ1) is 13.7. The molecule has 0 spiro atoms. The fourth-order valence-corrected chi connectivity index (χ4v) is 5.15. The van der Waals surface area contributed by atoms with Crippen molar-refractivity contribution in [1.29, 1.82) is 0 Å². The summed E-state index contributed by atoms with van der Waals surface area (Å²) in [6.07, 6.45) is 4.78. The summed E-state index contributed by atoms with van der Waals surface area (Å²) in [7, 11) is 0. The largest absolute Gasteiger partial charge is 0.381 e. The van der Waals surface area contributed by atoms with Crippen molar-refractivity contribution < 1.29 is 9.53 Å². The van der Waals surface area contributed by atoms with Gasteiger partial charge in [-0.15, -0.1) is 10.2 Å². The van der Waals surface area contributed by atoms with Crippen molar-refractivity contribution in [3.63, 3.8) is 0 Å². The molecule has 0 aromatic carbocycles. The van der Waals surface area contributed by atoms with E-state index in [0.29, 0.717) is 11.7 Å². The summed E-state index contributed by atoms with van der Waals surface area (Å²) in [5.74, 6) is 1.61. The van der Waals surface area contributed by atoms with Crippen molar-refractivity contribution in [1.82, 2.24) is 25.5 Å². The third-order valence-corrected chi connectivity index (χ3v) is 6.95. The zero-order valence-electron chi connectivity index (χ0n) is 15.8. The van der Waals surface area contributed by atoms with E-state index in [9.17, 15) is 4.79 Å². The summed E-state index contributed by atoms with van der Waals surface area (Å²) in [6, 6.07) is 2.14. The van der Waals surface area contributed by atoms with Crippen molar-refractivity contribution in [3.05, 3.63) is 23.0 Å². The lowest BCUT2D eigenvalue weighted by Crippen LogP contribution is -2.38. The fraction of sp³-hybridized carbons (Fsp3) is 0.611. The van der Waals surface area contributed by atoms with Gasteiger partial charge in [-0.05, 0) is 32.3 Å². The zero-order chi connectivity index (χ0) is 19.3. The molecule has 1 N–H and O–H groups in total. The Morgan fingerprint density at radius 2 is 2.21 bits per heavy atom. The Morgan fingerprint density at radius 3 is 3.00 bits per heavy atom. The molecule has 1 unspecified atom stereocenters. The number of nitrogens with zero attached hydrogens (tertiary/aromatic N) is 5. The van der Waals surface area contributed by atoms with Gasteiger partial charge in [-0.3, -0.25) is 4.79 Å². The van der Waals surface area contributed by atoms with E-state index in [1.165, 1.54) is 23.1 Å². The molecular weight excluding hydrogens is 396 g/mol. The lowest BCUT2D eigenvalue weighted by molar-refractivity contribution is -0.119. The van der Waals surface area contributed by atoms with Gasteiger partial charge in [0, 0.05) is 50.2 Å². The molecule has 2 saturated heterocycles. The summed E-state index contributed by atoms with van der Waals surface area (Å²) in [6.45, 7) is 5.11. The highest BCUT2D eigenvalue weighted by Gasteiger charge is 2.26. The molecule has 4 heterocycles. The highest BCUT2D eigenvalue weighted by Crippen LogP contribution is 2.27. The first-order valence-electron chi connectivity index (χ1n) is 9.55. The number of ether oxygens (including phenoxy) is 1. The molecule has 2 aromatic heterocycles. The van der Waals surface area contributed by atoms with Crippen LogP contribution >= 0.6 is 23.1 Å². The van der Waals surface area contributed by atoms with Crippen LogP contribution in [0, 0.1) is 6.92 Å². The van der Waals surface area contributed by atoms with Gasteiger partial charge >= 0.3 is 0 Å². The van der Waals surface area contributed by atoms with Crippen molar-refractivity contribution in [2.75, 3.05) is 37.0 Å². The Balaban J connectivity index is 1.28. The van der Waals surface area contributed by atoms with Crippen LogP contribution < -0.4 is 10.2 Å². The fourth-order valence-electron chi connectivity index (χ4n) is 3.53. The zero-order valence-corrected chi connectivity index (χ0v) is 17.5. The third-order valence-electron chi connectivity index (χ3n) is 4.97. The van der Waals surface area contributed by atoms with Crippen LogP contribution in [0.2, 0.25) is 0 Å². The molecule has 1 atom stereocenters. The van der Waals surface area contributed by atoms with Crippen LogP contribution in [0.1, 0.15) is 35.9 Å². The molecule has 0 saturated carbocycles. The summed E-state index contributed by atoms with van der Waals surface area (Å²) in [4.78, 5) is 23.7. The number of rotatable bonds is 6. The molecule has 1 amide bonds. The molecule has 150 valence electrons. The predicted octanol–water partition coefficient (Wildman–Crippen LogP) is 2.02. The Bertz CT molecular complexity index is 811. The van der Waals surface area contributed by atoms with Crippen LogP contribution in [-0.2, 0) is 9.53 Å². The number of amides is 1. The lowest BCUT2D eigenvalue weighted by Gasteiger charge is -2.23. The Morgan fingerprint density at radius 1 is 1.36 bits per heavy atom. The lowest BCUT2D eigenvalue weighted by atomic mass is 9.96. The maximum Gasteiger partial charge on any atom is 0.230 e. The van der Waals surface area contributed by atoms with E-state index in [2.05, 4.69) is 25.4 Å². The van der Waals surface area contributed by atoms with Gasteiger partial charge < -0.3 is 15.0 Å². The van der Waals surface area contributed by atoms with E-state index in [-0.39, 0.29) is 11.9 Å². The summed E-state index contributed by atoms with van der Waals surface area (Å²) in [5, 5.41) is 12.0. The number of nitrogens with one attached hydrogen (secondary N) is 1. The maximum absolute atomic E-state index is 12.2. The number of hydrogen-bond acceptors (Lipinski definition) is 9. The average molecular weight is 421 g/mol. The summed E-state index contributed by atoms with van der Waals surface area (Å²) < 4.78 is 6.28. The van der Waals surface area contributed by atoms with Crippen LogP contribution in [0.25, 0.3) is 0 Å².